The molecule has 30 heavy (non-hydrogen) atoms. The fourth-order valence-corrected chi connectivity index (χ4v) is 3.47. The maximum Gasteiger partial charge on any atom is 0.303 e. The second-order valence-corrected chi connectivity index (χ2v) is 7.11. The molecule has 0 aliphatic carbocycles. The number of benzene rings is 3. The fraction of sp³-hybridized carbons (Fsp3) is 0.167. The molecule has 154 valence electrons. The lowest BCUT2D eigenvalue weighted by molar-refractivity contribution is -0.136. The molecular formula is C24H25N3O3. The van der Waals surface area contributed by atoms with Gasteiger partial charge in [-0.05, 0) is 30.0 Å². The molecule has 0 fully saturated rings. The van der Waals surface area contributed by atoms with Gasteiger partial charge in [0.15, 0.2) is 5.78 Å². The fourth-order valence-electron chi connectivity index (χ4n) is 3.47. The molecule has 6 heteroatoms. The molecule has 3 aromatic rings. The van der Waals surface area contributed by atoms with E-state index in [1.54, 1.807) is 24.3 Å². The van der Waals surface area contributed by atoms with Crippen LogP contribution < -0.4 is 16.8 Å². The molecule has 6 nitrogen and oxygen atoms in total. The highest BCUT2D eigenvalue weighted by molar-refractivity contribution is 6.16. The number of hydrogen-bond donors (Lipinski definition) is 4. The summed E-state index contributed by atoms with van der Waals surface area (Å²) in [5.41, 5.74) is 17.0. The minimum absolute atomic E-state index is 0.105. The van der Waals surface area contributed by atoms with Crippen molar-refractivity contribution >= 4 is 28.8 Å². The van der Waals surface area contributed by atoms with Crippen LogP contribution in [-0.2, 0) is 17.8 Å². The monoisotopic (exact) mass is 403 g/mol. The third-order valence-electron chi connectivity index (χ3n) is 5.11. The number of anilines is 3. The van der Waals surface area contributed by atoms with Crippen LogP contribution in [-0.4, -0.2) is 16.9 Å². The molecule has 3 aromatic carbocycles. The number of nitrogens with two attached hydrogens (primary N) is 2. The van der Waals surface area contributed by atoms with E-state index in [-0.39, 0.29) is 29.9 Å². The van der Waals surface area contributed by atoms with Gasteiger partial charge >= 0.3 is 5.97 Å². The van der Waals surface area contributed by atoms with Crippen molar-refractivity contribution in [3.8, 4) is 0 Å². The molecule has 0 atom stereocenters. The maximum absolute atomic E-state index is 13.1. The topological polar surface area (TPSA) is 118 Å². The lowest BCUT2D eigenvalue weighted by atomic mass is 9.90. The number of carbonyl (C=O) groups is 2. The molecule has 0 radical (unpaired) electrons. The van der Waals surface area contributed by atoms with Gasteiger partial charge in [-0.3, -0.25) is 9.59 Å². The van der Waals surface area contributed by atoms with Crippen molar-refractivity contribution in [1.29, 1.82) is 0 Å². The number of ketones is 1. The van der Waals surface area contributed by atoms with Gasteiger partial charge in [0, 0.05) is 29.9 Å². The van der Waals surface area contributed by atoms with Crippen molar-refractivity contribution in [2.45, 2.75) is 26.3 Å². The average molecular weight is 403 g/mol. The van der Waals surface area contributed by atoms with Crippen molar-refractivity contribution < 1.29 is 14.7 Å². The van der Waals surface area contributed by atoms with E-state index in [1.165, 1.54) is 0 Å². The summed E-state index contributed by atoms with van der Waals surface area (Å²) < 4.78 is 0. The normalized spacial score (nSPS) is 10.6. The second kappa shape index (κ2) is 9.13. The number of carbonyl (C=O) groups excluding carboxylic acids is 1. The van der Waals surface area contributed by atoms with Crippen molar-refractivity contribution in [2.75, 3.05) is 16.8 Å². The summed E-state index contributed by atoms with van der Waals surface area (Å²) in [7, 11) is 0. The number of aliphatic carboxylic acids is 1. The highest BCUT2D eigenvalue weighted by Crippen LogP contribution is 2.38. The Balaban J connectivity index is 2.07. The van der Waals surface area contributed by atoms with E-state index in [0.29, 0.717) is 34.6 Å². The van der Waals surface area contributed by atoms with Crippen molar-refractivity contribution in [3.05, 3.63) is 88.5 Å². The smallest absolute Gasteiger partial charge is 0.303 e. The number of nitrogen functional groups attached to an aromatic ring is 2. The number of rotatable bonds is 8. The van der Waals surface area contributed by atoms with Crippen LogP contribution in [0.1, 0.15) is 39.0 Å². The summed E-state index contributed by atoms with van der Waals surface area (Å²) in [4.78, 5) is 24.3. The van der Waals surface area contributed by atoms with E-state index in [9.17, 15) is 14.7 Å². The Kier molecular flexibility index (Phi) is 6.37. The van der Waals surface area contributed by atoms with Gasteiger partial charge in [-0.1, -0.05) is 60.7 Å². The average Bonchev–Trinajstić information content (AvgIpc) is 2.75. The Morgan fingerprint density at radius 2 is 1.53 bits per heavy atom. The molecular weight excluding hydrogens is 378 g/mol. The molecule has 0 bridgehead atoms. The first kappa shape index (κ1) is 20.9. The van der Waals surface area contributed by atoms with E-state index in [2.05, 4.69) is 5.32 Å². The van der Waals surface area contributed by atoms with Gasteiger partial charge in [0.05, 0.1) is 11.3 Å². The standard InChI is InChI=1S/C24H25N3O3/c1-15-21(25)20(24(30)17-10-6-3-7-11-17)22(26)18(12-13-19(28)29)23(15)27-14-16-8-4-2-5-9-16/h2-11,27H,12-14,25-26H2,1H3,(H,28,29). The number of hydrogen-bond acceptors (Lipinski definition) is 5. The Bertz CT molecular complexity index is 1060. The largest absolute Gasteiger partial charge is 0.481 e. The predicted octanol–water partition coefficient (Wildman–Crippen LogP) is 4.02. The number of carboxylic acid groups (broad SMARTS) is 1. The van der Waals surface area contributed by atoms with Crippen LogP contribution in [0.25, 0.3) is 0 Å². The SMILES string of the molecule is Cc1c(N)c(C(=O)c2ccccc2)c(N)c(CCC(=O)O)c1NCc1ccccc1. The zero-order chi connectivity index (χ0) is 21.7. The first-order chi connectivity index (χ1) is 14.4. The first-order valence-corrected chi connectivity index (χ1v) is 9.69. The molecule has 3 rings (SSSR count). The minimum Gasteiger partial charge on any atom is -0.481 e. The molecule has 0 aliphatic rings. The quantitative estimate of drug-likeness (QED) is 0.333. The van der Waals surface area contributed by atoms with E-state index in [4.69, 9.17) is 11.5 Å². The Morgan fingerprint density at radius 3 is 2.13 bits per heavy atom. The number of nitrogens with one attached hydrogen (secondary N) is 1. The summed E-state index contributed by atoms with van der Waals surface area (Å²) in [6.45, 7) is 2.33. The van der Waals surface area contributed by atoms with Crippen LogP contribution in [0.3, 0.4) is 0 Å². The summed E-state index contributed by atoms with van der Waals surface area (Å²) in [5, 5.41) is 12.5. The Labute approximate surface area is 175 Å². The van der Waals surface area contributed by atoms with Gasteiger partial charge in [-0.25, -0.2) is 0 Å². The second-order valence-electron chi connectivity index (χ2n) is 7.11. The zero-order valence-corrected chi connectivity index (χ0v) is 16.8. The van der Waals surface area contributed by atoms with Gasteiger partial charge in [0.1, 0.15) is 0 Å². The molecule has 0 spiro atoms. The Morgan fingerprint density at radius 1 is 0.933 bits per heavy atom. The van der Waals surface area contributed by atoms with Gasteiger partial charge in [0.25, 0.3) is 0 Å². The molecule has 0 unspecified atom stereocenters. The van der Waals surface area contributed by atoms with E-state index < -0.39 is 5.97 Å². The first-order valence-electron chi connectivity index (χ1n) is 9.69. The van der Waals surface area contributed by atoms with E-state index in [0.717, 1.165) is 5.56 Å². The van der Waals surface area contributed by atoms with E-state index >= 15 is 0 Å². The van der Waals surface area contributed by atoms with Crippen LogP contribution in [0, 0.1) is 6.92 Å². The van der Waals surface area contributed by atoms with Crippen molar-refractivity contribution in [1.82, 2.24) is 0 Å². The summed E-state index contributed by atoms with van der Waals surface area (Å²) in [5.74, 6) is -1.21. The molecule has 0 heterocycles. The van der Waals surface area contributed by atoms with Gasteiger partial charge in [-0.2, -0.15) is 0 Å². The summed E-state index contributed by atoms with van der Waals surface area (Å²) in [6, 6.07) is 18.6. The minimum atomic E-state index is -0.936. The lowest BCUT2D eigenvalue weighted by Crippen LogP contribution is -2.16. The molecule has 0 aromatic heterocycles. The van der Waals surface area contributed by atoms with Gasteiger partial charge < -0.3 is 21.9 Å². The molecule has 0 aliphatic heterocycles. The van der Waals surface area contributed by atoms with Crippen molar-refractivity contribution in [2.24, 2.45) is 0 Å². The highest BCUT2D eigenvalue weighted by Gasteiger charge is 2.24. The van der Waals surface area contributed by atoms with Gasteiger partial charge in [-0.15, -0.1) is 0 Å². The van der Waals surface area contributed by atoms with E-state index in [1.807, 2.05) is 43.3 Å². The molecule has 0 amide bonds. The van der Waals surface area contributed by atoms with Crippen LogP contribution in [0.4, 0.5) is 17.1 Å². The molecule has 6 N–H and O–H groups in total. The maximum atomic E-state index is 13.1. The molecule has 0 saturated carbocycles. The highest BCUT2D eigenvalue weighted by atomic mass is 16.4. The summed E-state index contributed by atoms with van der Waals surface area (Å²) in [6.07, 6.45) is 0.0843. The van der Waals surface area contributed by atoms with Crippen LogP contribution in [0.2, 0.25) is 0 Å². The lowest BCUT2D eigenvalue weighted by Gasteiger charge is -2.22. The third kappa shape index (κ3) is 4.43. The van der Waals surface area contributed by atoms with Crippen molar-refractivity contribution in [3.63, 3.8) is 0 Å². The number of carboxylic acids is 1. The molecule has 0 saturated heterocycles. The summed E-state index contributed by atoms with van der Waals surface area (Å²) >= 11 is 0. The predicted molar refractivity (Wildman–Crippen MR) is 120 cm³/mol. The van der Waals surface area contributed by atoms with Gasteiger partial charge in [0.2, 0.25) is 0 Å². The van der Waals surface area contributed by atoms with Crippen LogP contribution in [0.5, 0.6) is 0 Å². The third-order valence-corrected chi connectivity index (χ3v) is 5.11. The Hall–Kier alpha value is -3.80. The van der Waals surface area contributed by atoms with Crippen LogP contribution >= 0.6 is 0 Å². The zero-order valence-electron chi connectivity index (χ0n) is 16.8. The van der Waals surface area contributed by atoms with Crippen LogP contribution in [0.15, 0.2) is 60.7 Å².